The van der Waals surface area contributed by atoms with Gasteiger partial charge in [-0.15, -0.1) is 0 Å². The number of fused-ring (bicyclic) bond motifs is 1. The lowest BCUT2D eigenvalue weighted by Crippen LogP contribution is -2.48. The summed E-state index contributed by atoms with van der Waals surface area (Å²) in [5.41, 5.74) is 1.09. The van der Waals surface area contributed by atoms with Crippen molar-refractivity contribution in [2.45, 2.75) is 18.9 Å². The number of nitrogens with zero attached hydrogens (tertiary/aromatic N) is 3. The van der Waals surface area contributed by atoms with Crippen LogP contribution in [0.25, 0.3) is 0 Å². The molecule has 5 rings (SSSR count). The molecule has 3 aliphatic rings. The predicted molar refractivity (Wildman–Crippen MR) is 112 cm³/mol. The highest BCUT2D eigenvalue weighted by molar-refractivity contribution is 6.19. The van der Waals surface area contributed by atoms with Gasteiger partial charge in [0.1, 0.15) is 19.8 Å². The molecule has 2 aromatic carbocycles. The first-order valence-corrected chi connectivity index (χ1v) is 10.5. The van der Waals surface area contributed by atoms with Crippen LogP contribution < -0.4 is 14.4 Å². The molecule has 8 heteroatoms. The van der Waals surface area contributed by atoms with Gasteiger partial charge in [-0.2, -0.15) is 0 Å². The molecule has 8 nitrogen and oxygen atoms in total. The number of para-hydroxylation sites is 2. The normalized spacial score (nSPS) is 19.2. The molecule has 0 aromatic heterocycles. The van der Waals surface area contributed by atoms with Gasteiger partial charge in [-0.1, -0.05) is 24.3 Å². The van der Waals surface area contributed by atoms with Gasteiger partial charge in [0.2, 0.25) is 0 Å². The number of piperidine rings is 1. The van der Waals surface area contributed by atoms with Crippen molar-refractivity contribution in [2.24, 2.45) is 0 Å². The monoisotopic (exact) mass is 421 g/mol. The molecular weight excluding hydrogens is 398 g/mol. The van der Waals surface area contributed by atoms with E-state index in [1.807, 2.05) is 6.07 Å². The number of carbonyl (C=O) groups excluding carboxylic acids is 3. The number of anilines is 1. The fourth-order valence-electron chi connectivity index (χ4n) is 4.43. The van der Waals surface area contributed by atoms with Crippen LogP contribution in [0.2, 0.25) is 0 Å². The zero-order chi connectivity index (χ0) is 21.4. The molecule has 0 N–H and O–H groups in total. The van der Waals surface area contributed by atoms with E-state index in [1.54, 1.807) is 52.3 Å². The van der Waals surface area contributed by atoms with Crippen LogP contribution in [0.4, 0.5) is 10.5 Å². The average molecular weight is 421 g/mol. The fraction of sp³-hybridized carbons (Fsp3) is 0.348. The third kappa shape index (κ3) is 3.48. The van der Waals surface area contributed by atoms with E-state index in [2.05, 4.69) is 0 Å². The van der Waals surface area contributed by atoms with Gasteiger partial charge in [0.15, 0.2) is 11.5 Å². The SMILES string of the molecule is O=C(c1cccc2c1OCCO2)N1CCC(N2CC(=O)N(c3ccccc3)C2=O)CC1. The van der Waals surface area contributed by atoms with E-state index >= 15 is 0 Å². The van der Waals surface area contributed by atoms with E-state index < -0.39 is 0 Å². The van der Waals surface area contributed by atoms with E-state index in [0.29, 0.717) is 61.9 Å². The molecule has 0 radical (unpaired) electrons. The number of hydrogen-bond donors (Lipinski definition) is 0. The second-order valence-corrected chi connectivity index (χ2v) is 7.83. The summed E-state index contributed by atoms with van der Waals surface area (Å²) in [6.07, 6.45) is 1.25. The molecule has 2 saturated heterocycles. The number of imide groups is 1. The number of benzene rings is 2. The lowest BCUT2D eigenvalue weighted by atomic mass is 10.0. The number of likely N-dealkylation sites (tertiary alicyclic amines) is 1. The van der Waals surface area contributed by atoms with E-state index in [1.165, 1.54) is 4.90 Å². The number of carbonyl (C=O) groups is 3. The summed E-state index contributed by atoms with van der Waals surface area (Å²) < 4.78 is 11.3. The van der Waals surface area contributed by atoms with Crippen LogP contribution in [-0.4, -0.2) is 66.5 Å². The topological polar surface area (TPSA) is 79.4 Å². The molecule has 0 unspecified atom stereocenters. The molecule has 0 bridgehead atoms. The summed E-state index contributed by atoms with van der Waals surface area (Å²) in [6, 6.07) is 14.0. The van der Waals surface area contributed by atoms with Crippen molar-refractivity contribution in [1.29, 1.82) is 0 Å². The number of hydrogen-bond acceptors (Lipinski definition) is 5. The highest BCUT2D eigenvalue weighted by Gasteiger charge is 2.42. The molecule has 0 atom stereocenters. The Morgan fingerprint density at radius 1 is 0.903 bits per heavy atom. The van der Waals surface area contributed by atoms with Crippen LogP contribution in [0.1, 0.15) is 23.2 Å². The third-order valence-electron chi connectivity index (χ3n) is 6.00. The van der Waals surface area contributed by atoms with E-state index in [9.17, 15) is 14.4 Å². The smallest absolute Gasteiger partial charge is 0.332 e. The van der Waals surface area contributed by atoms with Gasteiger partial charge in [0.05, 0.1) is 11.3 Å². The van der Waals surface area contributed by atoms with Crippen LogP contribution in [0.3, 0.4) is 0 Å². The van der Waals surface area contributed by atoms with Crippen LogP contribution in [0.15, 0.2) is 48.5 Å². The van der Waals surface area contributed by atoms with Crippen molar-refractivity contribution in [1.82, 2.24) is 9.80 Å². The van der Waals surface area contributed by atoms with Gasteiger partial charge in [-0.05, 0) is 37.1 Å². The highest BCUT2D eigenvalue weighted by Crippen LogP contribution is 2.35. The number of ether oxygens (including phenoxy) is 2. The first-order valence-electron chi connectivity index (χ1n) is 10.5. The lowest BCUT2D eigenvalue weighted by molar-refractivity contribution is -0.116. The second-order valence-electron chi connectivity index (χ2n) is 7.83. The Balaban J connectivity index is 1.26. The summed E-state index contributed by atoms with van der Waals surface area (Å²) in [4.78, 5) is 43.2. The Hall–Kier alpha value is -3.55. The molecule has 2 aromatic rings. The molecular formula is C23H23N3O5. The van der Waals surface area contributed by atoms with Crippen LogP contribution in [0, 0.1) is 0 Å². The van der Waals surface area contributed by atoms with Crippen molar-refractivity contribution in [2.75, 3.05) is 37.7 Å². The maximum atomic E-state index is 13.1. The largest absolute Gasteiger partial charge is 0.486 e. The molecule has 4 amide bonds. The minimum absolute atomic E-state index is 0.0708. The first-order chi connectivity index (χ1) is 15.1. The highest BCUT2D eigenvalue weighted by atomic mass is 16.6. The molecule has 31 heavy (non-hydrogen) atoms. The summed E-state index contributed by atoms with van der Waals surface area (Å²) in [7, 11) is 0. The summed E-state index contributed by atoms with van der Waals surface area (Å²) in [5.74, 6) is 0.771. The molecule has 3 aliphatic heterocycles. The molecule has 160 valence electrons. The van der Waals surface area contributed by atoms with E-state index in [4.69, 9.17) is 9.47 Å². The van der Waals surface area contributed by atoms with Crippen LogP contribution in [-0.2, 0) is 4.79 Å². The summed E-state index contributed by atoms with van der Waals surface area (Å²) in [6.45, 7) is 1.99. The van der Waals surface area contributed by atoms with Crippen molar-refractivity contribution in [3.63, 3.8) is 0 Å². The number of amides is 4. The van der Waals surface area contributed by atoms with Crippen molar-refractivity contribution < 1.29 is 23.9 Å². The Morgan fingerprint density at radius 2 is 1.65 bits per heavy atom. The lowest BCUT2D eigenvalue weighted by Gasteiger charge is -2.36. The maximum Gasteiger partial charge on any atom is 0.332 e. The average Bonchev–Trinajstić information content (AvgIpc) is 3.12. The Bertz CT molecular complexity index is 1020. The van der Waals surface area contributed by atoms with Gasteiger partial charge in [-0.3, -0.25) is 9.59 Å². The number of urea groups is 1. The van der Waals surface area contributed by atoms with Crippen molar-refractivity contribution in [3.8, 4) is 11.5 Å². The molecule has 3 heterocycles. The first kappa shape index (κ1) is 19.4. The van der Waals surface area contributed by atoms with Gasteiger partial charge in [0, 0.05) is 19.1 Å². The Labute approximate surface area is 179 Å². The second kappa shape index (κ2) is 7.94. The Morgan fingerprint density at radius 3 is 2.42 bits per heavy atom. The van der Waals surface area contributed by atoms with Gasteiger partial charge < -0.3 is 19.3 Å². The van der Waals surface area contributed by atoms with Crippen LogP contribution >= 0.6 is 0 Å². The Kier molecular flexibility index (Phi) is 4.97. The van der Waals surface area contributed by atoms with Gasteiger partial charge in [-0.25, -0.2) is 9.69 Å². The quantitative estimate of drug-likeness (QED) is 0.712. The minimum atomic E-state index is -0.288. The predicted octanol–water partition coefficient (Wildman–Crippen LogP) is 2.53. The summed E-state index contributed by atoms with van der Waals surface area (Å²) in [5, 5.41) is 0. The van der Waals surface area contributed by atoms with Gasteiger partial charge >= 0.3 is 6.03 Å². The number of rotatable bonds is 3. The minimum Gasteiger partial charge on any atom is -0.486 e. The summed E-state index contributed by atoms with van der Waals surface area (Å²) >= 11 is 0. The third-order valence-corrected chi connectivity index (χ3v) is 6.00. The van der Waals surface area contributed by atoms with E-state index in [-0.39, 0.29) is 30.4 Å². The molecule has 0 spiro atoms. The van der Waals surface area contributed by atoms with Crippen LogP contribution in [0.5, 0.6) is 11.5 Å². The van der Waals surface area contributed by atoms with E-state index in [0.717, 1.165) is 0 Å². The maximum absolute atomic E-state index is 13.1. The zero-order valence-corrected chi connectivity index (χ0v) is 17.0. The van der Waals surface area contributed by atoms with Gasteiger partial charge in [0.25, 0.3) is 11.8 Å². The zero-order valence-electron chi connectivity index (χ0n) is 17.0. The standard InChI is InChI=1S/C23H23N3O5/c27-20-15-25(23(29)26(20)17-5-2-1-3-6-17)16-9-11-24(12-10-16)22(28)18-7-4-8-19-21(18)31-14-13-30-19/h1-8,16H,9-15H2. The molecule has 2 fully saturated rings. The van der Waals surface area contributed by atoms with Crippen molar-refractivity contribution >= 4 is 23.5 Å². The molecule has 0 aliphatic carbocycles. The fourth-order valence-corrected chi connectivity index (χ4v) is 4.43. The molecule has 0 saturated carbocycles. The van der Waals surface area contributed by atoms with Crippen molar-refractivity contribution in [3.05, 3.63) is 54.1 Å².